The van der Waals surface area contributed by atoms with Crippen LogP contribution in [0.1, 0.15) is 44.7 Å². The monoisotopic (exact) mass is 528 g/mol. The second kappa shape index (κ2) is 11.2. The van der Waals surface area contributed by atoms with Crippen LogP contribution in [-0.2, 0) is 16.1 Å². The zero-order valence-electron chi connectivity index (χ0n) is 22.1. The van der Waals surface area contributed by atoms with Crippen molar-refractivity contribution in [2.45, 2.75) is 38.1 Å². The summed E-state index contributed by atoms with van der Waals surface area (Å²) < 4.78 is 11.5. The molecule has 0 saturated carbocycles. The molecule has 2 aliphatic rings. The minimum atomic E-state index is -0.990. The Morgan fingerprint density at radius 2 is 1.77 bits per heavy atom. The number of likely N-dealkylation sites (tertiary alicyclic amines) is 1. The first kappa shape index (κ1) is 26.4. The van der Waals surface area contributed by atoms with Crippen LogP contribution < -0.4 is 10.1 Å². The van der Waals surface area contributed by atoms with Crippen LogP contribution in [0.5, 0.6) is 5.75 Å². The number of amides is 3. The Morgan fingerprint density at radius 1 is 1.03 bits per heavy atom. The molecule has 0 bridgehead atoms. The Balaban J connectivity index is 1.37. The van der Waals surface area contributed by atoms with Crippen molar-refractivity contribution in [3.8, 4) is 5.75 Å². The summed E-state index contributed by atoms with van der Waals surface area (Å²) in [6.45, 7) is 3.10. The Bertz CT molecular complexity index is 1340. The van der Waals surface area contributed by atoms with Gasteiger partial charge in [-0.1, -0.05) is 24.3 Å². The third-order valence-corrected chi connectivity index (χ3v) is 7.52. The number of piperidine rings is 1. The highest BCUT2D eigenvalue weighted by Crippen LogP contribution is 2.39. The summed E-state index contributed by atoms with van der Waals surface area (Å²) in [5.41, 5.74) is 1.89. The average molecular weight is 529 g/mol. The zero-order chi connectivity index (χ0) is 27.4. The summed E-state index contributed by atoms with van der Waals surface area (Å²) in [5.74, 6) is -0.00108. The van der Waals surface area contributed by atoms with Crippen molar-refractivity contribution in [2.24, 2.45) is 0 Å². The van der Waals surface area contributed by atoms with Crippen LogP contribution in [0.15, 0.2) is 73.1 Å². The molecule has 2 aliphatic heterocycles. The molecule has 9 heteroatoms. The lowest BCUT2D eigenvalue weighted by Gasteiger charge is -2.44. The predicted molar refractivity (Wildman–Crippen MR) is 144 cm³/mol. The van der Waals surface area contributed by atoms with Gasteiger partial charge in [0.2, 0.25) is 5.91 Å². The summed E-state index contributed by atoms with van der Waals surface area (Å²) >= 11 is 0. The van der Waals surface area contributed by atoms with E-state index in [1.807, 2.05) is 37.3 Å². The molecule has 1 aromatic heterocycles. The van der Waals surface area contributed by atoms with E-state index in [2.05, 4.69) is 10.3 Å². The first-order valence-corrected chi connectivity index (χ1v) is 13.0. The number of rotatable bonds is 6. The number of pyridine rings is 1. The van der Waals surface area contributed by atoms with E-state index in [9.17, 15) is 14.4 Å². The number of methoxy groups -OCH3 is 1. The second-order valence-electron chi connectivity index (χ2n) is 9.86. The quantitative estimate of drug-likeness (QED) is 0.528. The van der Waals surface area contributed by atoms with Crippen LogP contribution in [0.4, 0.5) is 0 Å². The number of carbonyl (C=O) groups is 3. The van der Waals surface area contributed by atoms with Gasteiger partial charge in [-0.05, 0) is 54.4 Å². The van der Waals surface area contributed by atoms with Crippen LogP contribution in [0, 0.1) is 6.92 Å². The van der Waals surface area contributed by atoms with Crippen LogP contribution in [0.3, 0.4) is 0 Å². The van der Waals surface area contributed by atoms with Crippen LogP contribution in [-0.4, -0.2) is 71.1 Å². The van der Waals surface area contributed by atoms with Gasteiger partial charge in [0, 0.05) is 56.0 Å². The van der Waals surface area contributed by atoms with E-state index >= 15 is 0 Å². The maximum absolute atomic E-state index is 13.9. The largest absolute Gasteiger partial charge is 0.497 e. The van der Waals surface area contributed by atoms with Crippen molar-refractivity contribution in [3.05, 3.63) is 95.3 Å². The molecule has 1 unspecified atom stereocenters. The fraction of sp³-hybridized carbons (Fsp3) is 0.333. The summed E-state index contributed by atoms with van der Waals surface area (Å²) in [6, 6.07) is 17.2. The summed E-state index contributed by atoms with van der Waals surface area (Å²) in [4.78, 5) is 48.0. The summed E-state index contributed by atoms with van der Waals surface area (Å²) in [5, 5.41) is 2.93. The molecular formula is C30H32N4O5. The first-order chi connectivity index (χ1) is 18.9. The predicted octanol–water partition coefficient (Wildman–Crippen LogP) is 3.19. The van der Waals surface area contributed by atoms with E-state index in [-0.39, 0.29) is 24.3 Å². The van der Waals surface area contributed by atoms with E-state index in [1.54, 1.807) is 59.6 Å². The normalized spacial score (nSPS) is 18.2. The Labute approximate surface area is 227 Å². The van der Waals surface area contributed by atoms with Crippen molar-refractivity contribution in [2.75, 3.05) is 26.8 Å². The van der Waals surface area contributed by atoms with Gasteiger partial charge in [-0.2, -0.15) is 0 Å². The molecule has 39 heavy (non-hydrogen) atoms. The number of aromatic nitrogens is 1. The molecule has 1 atom stereocenters. The lowest BCUT2D eigenvalue weighted by Crippen LogP contribution is -2.59. The Hall–Kier alpha value is -4.24. The molecule has 1 N–H and O–H groups in total. The van der Waals surface area contributed by atoms with Crippen molar-refractivity contribution >= 4 is 17.7 Å². The summed E-state index contributed by atoms with van der Waals surface area (Å²) in [7, 11) is 1.56. The number of hydrogen-bond donors (Lipinski definition) is 1. The maximum atomic E-state index is 13.9. The topological polar surface area (TPSA) is 101 Å². The Morgan fingerprint density at radius 3 is 2.44 bits per heavy atom. The molecule has 0 radical (unpaired) electrons. The van der Waals surface area contributed by atoms with Gasteiger partial charge in [0.25, 0.3) is 11.8 Å². The second-order valence-corrected chi connectivity index (χ2v) is 9.86. The smallest absolute Gasteiger partial charge is 0.256 e. The number of ether oxygens (including phenoxy) is 2. The fourth-order valence-electron chi connectivity index (χ4n) is 5.29. The molecule has 5 rings (SSSR count). The molecule has 2 saturated heterocycles. The van der Waals surface area contributed by atoms with Crippen molar-refractivity contribution in [1.82, 2.24) is 20.1 Å². The molecule has 2 fully saturated rings. The molecule has 2 aromatic carbocycles. The third kappa shape index (κ3) is 5.35. The van der Waals surface area contributed by atoms with Gasteiger partial charge in [-0.3, -0.25) is 24.3 Å². The highest BCUT2D eigenvalue weighted by molar-refractivity contribution is 5.99. The highest BCUT2D eigenvalue weighted by Gasteiger charge is 2.54. The number of nitrogens with one attached hydrogen (secondary N) is 1. The minimum absolute atomic E-state index is 0.0419. The van der Waals surface area contributed by atoms with Gasteiger partial charge >= 0.3 is 0 Å². The van der Waals surface area contributed by atoms with E-state index in [4.69, 9.17) is 9.47 Å². The number of hydrogen-bond acceptors (Lipinski definition) is 6. The molecule has 0 aliphatic carbocycles. The standard InChI is InChI=1S/C30H32N4O5/c1-21-6-3-4-8-25(21)29(37)33-16-13-30(14-17-33)34(28(36)23-9-11-24(38-2)12-10-23)26(20-39-30)27(35)32-19-22-7-5-15-31-18-22/h3-12,15,18,26H,13-14,16-17,19-20H2,1-2H3,(H,32,35). The van der Waals surface area contributed by atoms with Crippen molar-refractivity contribution in [3.63, 3.8) is 0 Å². The molecule has 3 amide bonds. The van der Waals surface area contributed by atoms with E-state index in [0.717, 1.165) is 11.1 Å². The van der Waals surface area contributed by atoms with Gasteiger partial charge in [-0.15, -0.1) is 0 Å². The van der Waals surface area contributed by atoms with Gasteiger partial charge in [0.1, 0.15) is 17.5 Å². The molecule has 9 nitrogen and oxygen atoms in total. The van der Waals surface area contributed by atoms with Crippen molar-refractivity contribution < 1.29 is 23.9 Å². The lowest BCUT2D eigenvalue weighted by molar-refractivity contribution is -0.128. The van der Waals surface area contributed by atoms with E-state index in [0.29, 0.717) is 49.4 Å². The number of aryl methyl sites for hydroxylation is 1. The number of carbonyl (C=O) groups excluding carboxylic acids is 3. The number of nitrogens with zero attached hydrogens (tertiary/aromatic N) is 3. The molecular weight excluding hydrogens is 496 g/mol. The molecule has 3 aromatic rings. The molecule has 3 heterocycles. The van der Waals surface area contributed by atoms with Crippen molar-refractivity contribution in [1.29, 1.82) is 0 Å². The Kier molecular flexibility index (Phi) is 7.60. The minimum Gasteiger partial charge on any atom is -0.497 e. The van der Waals surface area contributed by atoms with Gasteiger partial charge in [0.15, 0.2) is 0 Å². The fourth-order valence-corrected chi connectivity index (χ4v) is 5.29. The van der Waals surface area contributed by atoms with Crippen LogP contribution >= 0.6 is 0 Å². The van der Waals surface area contributed by atoms with Gasteiger partial charge in [-0.25, -0.2) is 0 Å². The summed E-state index contributed by atoms with van der Waals surface area (Å²) in [6.07, 6.45) is 4.16. The SMILES string of the molecule is COc1ccc(C(=O)N2C(C(=O)NCc3cccnc3)COC23CCN(C(=O)c2ccccc2C)CC3)cc1. The van der Waals surface area contributed by atoms with Gasteiger partial charge in [0.05, 0.1) is 13.7 Å². The van der Waals surface area contributed by atoms with Crippen LogP contribution in [0.25, 0.3) is 0 Å². The maximum Gasteiger partial charge on any atom is 0.256 e. The average Bonchev–Trinajstić information content (AvgIpc) is 3.34. The van der Waals surface area contributed by atoms with E-state index < -0.39 is 11.8 Å². The number of benzene rings is 2. The lowest BCUT2D eigenvalue weighted by atomic mass is 9.95. The third-order valence-electron chi connectivity index (χ3n) is 7.52. The zero-order valence-corrected chi connectivity index (χ0v) is 22.1. The molecule has 202 valence electrons. The van der Waals surface area contributed by atoms with Gasteiger partial charge < -0.3 is 19.7 Å². The molecule has 1 spiro atoms. The first-order valence-electron chi connectivity index (χ1n) is 13.0. The van der Waals surface area contributed by atoms with E-state index in [1.165, 1.54) is 0 Å². The highest BCUT2D eigenvalue weighted by atomic mass is 16.5. The van der Waals surface area contributed by atoms with Crippen LogP contribution in [0.2, 0.25) is 0 Å².